The van der Waals surface area contributed by atoms with E-state index >= 15 is 0 Å². The van der Waals surface area contributed by atoms with Crippen LogP contribution in [0.3, 0.4) is 0 Å². The Hall–Kier alpha value is -2.90. The molecule has 186 valence electrons. The van der Waals surface area contributed by atoms with Crippen molar-refractivity contribution in [1.29, 1.82) is 0 Å². The number of nitrogens with zero attached hydrogens (tertiary/aromatic N) is 3. The molecule has 0 spiro atoms. The van der Waals surface area contributed by atoms with Crippen LogP contribution in [0.25, 0.3) is 0 Å². The van der Waals surface area contributed by atoms with E-state index in [4.69, 9.17) is 26.2 Å². The van der Waals surface area contributed by atoms with Gasteiger partial charge < -0.3 is 9.47 Å². The zero-order valence-electron chi connectivity index (χ0n) is 20.3. The number of halogens is 1. The van der Waals surface area contributed by atoms with Gasteiger partial charge in [-0.1, -0.05) is 41.9 Å². The summed E-state index contributed by atoms with van der Waals surface area (Å²) in [7, 11) is 0. The summed E-state index contributed by atoms with van der Waals surface area (Å²) < 4.78 is 10.7. The third-order valence-corrected chi connectivity index (χ3v) is 6.82. The number of rotatable bonds is 8. The highest BCUT2D eigenvalue weighted by molar-refractivity contribution is 6.34. The molecule has 1 atom stereocenters. The Morgan fingerprint density at radius 3 is 2.40 bits per heavy atom. The van der Waals surface area contributed by atoms with Crippen molar-refractivity contribution < 1.29 is 19.1 Å². The van der Waals surface area contributed by atoms with Crippen LogP contribution in [0.1, 0.15) is 50.3 Å². The average Bonchev–Trinajstić information content (AvgIpc) is 3.31. The minimum Gasteiger partial charge on any atom is -0.494 e. The number of amides is 1. The molecule has 0 unspecified atom stereocenters. The van der Waals surface area contributed by atoms with Crippen molar-refractivity contribution in [3.8, 4) is 5.75 Å². The molecule has 0 radical (unpaired) electrons. The summed E-state index contributed by atoms with van der Waals surface area (Å²) in [6.07, 6.45) is 1.97. The van der Waals surface area contributed by atoms with E-state index in [0.717, 1.165) is 22.6 Å². The van der Waals surface area contributed by atoms with Crippen molar-refractivity contribution in [2.45, 2.75) is 39.2 Å². The summed E-state index contributed by atoms with van der Waals surface area (Å²) in [4.78, 5) is 27.6. The Morgan fingerprint density at radius 2 is 1.74 bits per heavy atom. The summed E-state index contributed by atoms with van der Waals surface area (Å²) in [5, 5.41) is 6.97. The number of ether oxygens (including phenoxy) is 2. The molecule has 0 N–H and O–H groups in total. The molecule has 2 aromatic rings. The molecule has 0 aliphatic carbocycles. The van der Waals surface area contributed by atoms with Gasteiger partial charge in [-0.2, -0.15) is 5.10 Å². The SMILES string of the molecule is CCOC(=O)C1CCN(CC(=O)N2N=C(c3ccccc3Cl)C[C@@H]2c2ccc(OCC)cc2)CC1. The number of carbonyl (C=O) groups is 2. The fourth-order valence-corrected chi connectivity index (χ4v) is 4.91. The Bertz CT molecular complexity index is 1060. The molecule has 1 fully saturated rings. The van der Waals surface area contributed by atoms with Crippen molar-refractivity contribution in [2.24, 2.45) is 11.0 Å². The van der Waals surface area contributed by atoms with Crippen LogP contribution >= 0.6 is 11.6 Å². The van der Waals surface area contributed by atoms with Gasteiger partial charge in [0.25, 0.3) is 5.91 Å². The smallest absolute Gasteiger partial charge is 0.309 e. The lowest BCUT2D eigenvalue weighted by Gasteiger charge is -2.32. The summed E-state index contributed by atoms with van der Waals surface area (Å²) in [5.74, 6) is 0.501. The van der Waals surface area contributed by atoms with Crippen molar-refractivity contribution in [3.05, 3.63) is 64.7 Å². The van der Waals surface area contributed by atoms with E-state index in [1.807, 2.05) is 62.4 Å². The number of piperidine rings is 1. The van der Waals surface area contributed by atoms with Gasteiger partial charge in [0.15, 0.2) is 0 Å². The van der Waals surface area contributed by atoms with Gasteiger partial charge in [0.05, 0.1) is 37.4 Å². The maximum atomic E-state index is 13.5. The first-order chi connectivity index (χ1) is 17.0. The lowest BCUT2D eigenvalue weighted by Crippen LogP contribution is -2.43. The van der Waals surface area contributed by atoms with Crippen molar-refractivity contribution in [2.75, 3.05) is 32.8 Å². The van der Waals surface area contributed by atoms with Gasteiger partial charge in [0.2, 0.25) is 0 Å². The lowest BCUT2D eigenvalue weighted by atomic mass is 9.97. The number of carbonyl (C=O) groups excluding carboxylic acids is 2. The number of hydrazone groups is 1. The Kier molecular flexibility index (Phi) is 8.42. The highest BCUT2D eigenvalue weighted by Gasteiger charge is 2.35. The summed E-state index contributed by atoms with van der Waals surface area (Å²) in [6, 6.07) is 15.2. The molecule has 4 rings (SSSR count). The third kappa shape index (κ3) is 6.03. The number of hydrogen-bond acceptors (Lipinski definition) is 6. The summed E-state index contributed by atoms with van der Waals surface area (Å²) in [6.45, 7) is 6.37. The highest BCUT2D eigenvalue weighted by atomic mass is 35.5. The van der Waals surface area contributed by atoms with Crippen LogP contribution in [-0.2, 0) is 14.3 Å². The van der Waals surface area contributed by atoms with Gasteiger partial charge in [-0.3, -0.25) is 14.5 Å². The van der Waals surface area contributed by atoms with Crippen LogP contribution in [0.2, 0.25) is 5.02 Å². The predicted octanol–water partition coefficient (Wildman–Crippen LogP) is 4.69. The number of hydrogen-bond donors (Lipinski definition) is 0. The molecule has 1 saturated heterocycles. The second-order valence-corrected chi connectivity index (χ2v) is 9.20. The van der Waals surface area contributed by atoms with E-state index in [1.165, 1.54) is 0 Å². The van der Waals surface area contributed by atoms with Gasteiger partial charge >= 0.3 is 5.97 Å². The zero-order valence-corrected chi connectivity index (χ0v) is 21.0. The van der Waals surface area contributed by atoms with E-state index < -0.39 is 0 Å². The maximum absolute atomic E-state index is 13.5. The molecule has 0 saturated carbocycles. The van der Waals surface area contributed by atoms with Crippen LogP contribution in [0.4, 0.5) is 0 Å². The van der Waals surface area contributed by atoms with Crippen LogP contribution in [0, 0.1) is 5.92 Å². The van der Waals surface area contributed by atoms with Crippen LogP contribution in [-0.4, -0.2) is 60.3 Å². The fourth-order valence-electron chi connectivity index (χ4n) is 4.66. The quantitative estimate of drug-likeness (QED) is 0.495. The minimum atomic E-state index is -0.221. The maximum Gasteiger partial charge on any atom is 0.309 e. The Labute approximate surface area is 211 Å². The third-order valence-electron chi connectivity index (χ3n) is 6.49. The number of esters is 1. The summed E-state index contributed by atoms with van der Waals surface area (Å²) in [5.41, 5.74) is 2.63. The molecular formula is C27H32ClN3O4. The molecule has 0 bridgehead atoms. The molecular weight excluding hydrogens is 466 g/mol. The van der Waals surface area contributed by atoms with Crippen molar-refractivity contribution in [3.63, 3.8) is 0 Å². The van der Waals surface area contributed by atoms with Gasteiger partial charge in [-0.05, 0) is 63.5 Å². The van der Waals surface area contributed by atoms with Crippen molar-refractivity contribution >= 4 is 29.2 Å². The van der Waals surface area contributed by atoms with Gasteiger partial charge in [0, 0.05) is 17.0 Å². The van der Waals surface area contributed by atoms with Crippen LogP contribution in [0.5, 0.6) is 5.75 Å². The van der Waals surface area contributed by atoms with Crippen LogP contribution < -0.4 is 4.74 Å². The normalized spacial score (nSPS) is 18.9. The second-order valence-electron chi connectivity index (χ2n) is 8.79. The van der Waals surface area contributed by atoms with Gasteiger partial charge in [0.1, 0.15) is 5.75 Å². The molecule has 0 aromatic heterocycles. The molecule has 7 nitrogen and oxygen atoms in total. The summed E-state index contributed by atoms with van der Waals surface area (Å²) >= 11 is 6.45. The molecule has 1 amide bonds. The monoisotopic (exact) mass is 497 g/mol. The molecule has 2 heterocycles. The fraction of sp³-hybridized carbons (Fsp3) is 0.444. The predicted molar refractivity (Wildman–Crippen MR) is 136 cm³/mol. The standard InChI is InChI=1S/C27H32ClN3O4/c1-3-34-21-11-9-19(10-12-21)25-17-24(22-7-5-6-8-23(22)28)29-31(25)26(32)18-30-15-13-20(14-16-30)27(33)35-4-2/h5-12,20,25H,3-4,13-18H2,1-2H3/t25-/m1/s1. The lowest BCUT2D eigenvalue weighted by molar-refractivity contribution is -0.149. The zero-order chi connectivity index (χ0) is 24.8. The Morgan fingerprint density at radius 1 is 1.03 bits per heavy atom. The molecule has 8 heteroatoms. The molecule has 2 aliphatic heterocycles. The first kappa shape index (κ1) is 25.2. The topological polar surface area (TPSA) is 71.4 Å². The molecule has 35 heavy (non-hydrogen) atoms. The van der Waals surface area contributed by atoms with Gasteiger partial charge in [-0.15, -0.1) is 0 Å². The first-order valence-corrected chi connectivity index (χ1v) is 12.6. The van der Waals surface area contributed by atoms with Crippen molar-refractivity contribution in [1.82, 2.24) is 9.91 Å². The molecule has 2 aromatic carbocycles. The highest BCUT2D eigenvalue weighted by Crippen LogP contribution is 2.35. The Balaban J connectivity index is 1.50. The van der Waals surface area contributed by atoms with E-state index in [0.29, 0.717) is 50.6 Å². The van der Waals surface area contributed by atoms with E-state index in [9.17, 15) is 9.59 Å². The van der Waals surface area contributed by atoms with Gasteiger partial charge in [-0.25, -0.2) is 5.01 Å². The largest absolute Gasteiger partial charge is 0.494 e. The minimum absolute atomic E-state index is 0.0690. The molecule has 2 aliphatic rings. The number of likely N-dealkylation sites (tertiary alicyclic amines) is 1. The van der Waals surface area contributed by atoms with Crippen LogP contribution in [0.15, 0.2) is 53.6 Å². The number of benzene rings is 2. The van der Waals surface area contributed by atoms with E-state index in [1.54, 1.807) is 5.01 Å². The van der Waals surface area contributed by atoms with E-state index in [-0.39, 0.29) is 30.4 Å². The average molecular weight is 498 g/mol. The van der Waals surface area contributed by atoms with E-state index in [2.05, 4.69) is 4.90 Å². The second kappa shape index (κ2) is 11.7. The first-order valence-electron chi connectivity index (χ1n) is 12.3.